The predicted octanol–water partition coefficient (Wildman–Crippen LogP) is 2.36. The second-order valence-corrected chi connectivity index (χ2v) is 5.09. The van der Waals surface area contributed by atoms with Gasteiger partial charge in [-0.15, -0.1) is 11.3 Å². The van der Waals surface area contributed by atoms with E-state index >= 15 is 0 Å². The lowest BCUT2D eigenvalue weighted by atomic mass is 10.1. The highest BCUT2D eigenvalue weighted by Crippen LogP contribution is 2.20. The minimum atomic E-state index is -0.209. The van der Waals surface area contributed by atoms with Gasteiger partial charge in [-0.1, -0.05) is 6.07 Å². The number of nitrogens with two attached hydrogens (primary N) is 1. The Morgan fingerprint density at radius 1 is 1.42 bits per heavy atom. The Morgan fingerprint density at radius 2 is 2.21 bits per heavy atom. The van der Waals surface area contributed by atoms with E-state index in [4.69, 9.17) is 18.0 Å². The van der Waals surface area contributed by atoms with Crippen LogP contribution >= 0.6 is 23.6 Å². The van der Waals surface area contributed by atoms with E-state index in [1.165, 1.54) is 11.3 Å². The van der Waals surface area contributed by atoms with Crippen LogP contribution in [0.2, 0.25) is 0 Å². The summed E-state index contributed by atoms with van der Waals surface area (Å²) < 4.78 is 0. The largest absolute Gasteiger partial charge is 0.376 e. The lowest BCUT2D eigenvalue weighted by Gasteiger charge is -2.11. The Bertz CT molecular complexity index is 610. The highest BCUT2D eigenvalue weighted by atomic mass is 32.1. The van der Waals surface area contributed by atoms with E-state index in [1.54, 1.807) is 23.7 Å². The molecule has 4 N–H and O–H groups in total. The summed E-state index contributed by atoms with van der Waals surface area (Å²) in [5.74, 6) is -0.209. The molecule has 0 aliphatic carbocycles. The summed E-state index contributed by atoms with van der Waals surface area (Å²) in [5.41, 5.74) is 7.50. The van der Waals surface area contributed by atoms with Crippen LogP contribution in [0.4, 0.5) is 10.8 Å². The molecule has 0 spiro atoms. The van der Waals surface area contributed by atoms with E-state index in [-0.39, 0.29) is 11.0 Å². The molecule has 0 saturated heterocycles. The average Bonchev–Trinajstić information content (AvgIpc) is 2.84. The molecule has 5 nitrogen and oxygen atoms in total. The normalized spacial score (nSPS) is 9.95. The number of thiazole rings is 1. The molecular formula is C12H12N4OS2. The van der Waals surface area contributed by atoms with Crippen LogP contribution in [0, 0.1) is 6.92 Å². The Balaban J connectivity index is 2.24. The molecule has 1 amide bonds. The topological polar surface area (TPSA) is 80.0 Å². The fourth-order valence-corrected chi connectivity index (χ4v) is 2.23. The third-order valence-electron chi connectivity index (χ3n) is 2.49. The molecule has 2 rings (SSSR count). The van der Waals surface area contributed by atoms with Crippen LogP contribution < -0.4 is 16.4 Å². The molecule has 0 bridgehead atoms. The number of aromatic nitrogens is 1. The molecule has 2 aromatic rings. The first-order chi connectivity index (χ1) is 9.08. The third-order valence-corrected chi connectivity index (χ3v) is 3.28. The number of hydrogen-bond acceptors (Lipinski definition) is 4. The molecule has 7 heteroatoms. The van der Waals surface area contributed by atoms with Crippen LogP contribution in [-0.4, -0.2) is 16.0 Å². The lowest BCUT2D eigenvalue weighted by molar-refractivity contribution is 0.102. The van der Waals surface area contributed by atoms with Crippen molar-refractivity contribution in [3.05, 3.63) is 40.9 Å². The van der Waals surface area contributed by atoms with Gasteiger partial charge in [0.05, 0.1) is 0 Å². The minimum Gasteiger partial charge on any atom is -0.376 e. The summed E-state index contributed by atoms with van der Waals surface area (Å²) in [6.45, 7) is 1.83. The maximum absolute atomic E-state index is 12.1. The van der Waals surface area contributed by atoms with Gasteiger partial charge in [-0.3, -0.25) is 10.1 Å². The van der Waals surface area contributed by atoms with Crippen LogP contribution in [0.25, 0.3) is 0 Å². The van der Waals surface area contributed by atoms with Gasteiger partial charge in [0, 0.05) is 22.8 Å². The number of nitrogens with one attached hydrogen (secondary N) is 2. The van der Waals surface area contributed by atoms with Gasteiger partial charge in [0.1, 0.15) is 0 Å². The number of rotatable bonds is 3. The third kappa shape index (κ3) is 3.27. The van der Waals surface area contributed by atoms with Crippen molar-refractivity contribution in [1.82, 2.24) is 4.98 Å². The van der Waals surface area contributed by atoms with Crippen molar-refractivity contribution in [1.29, 1.82) is 0 Å². The van der Waals surface area contributed by atoms with Crippen molar-refractivity contribution in [3.8, 4) is 0 Å². The van der Waals surface area contributed by atoms with Gasteiger partial charge in [-0.2, -0.15) is 0 Å². The van der Waals surface area contributed by atoms with Crippen LogP contribution in [0.15, 0.2) is 29.8 Å². The molecule has 1 aromatic carbocycles. The first-order valence-corrected chi connectivity index (χ1v) is 6.73. The highest BCUT2D eigenvalue weighted by molar-refractivity contribution is 7.80. The van der Waals surface area contributed by atoms with Crippen molar-refractivity contribution in [3.63, 3.8) is 0 Å². The average molecular weight is 292 g/mol. The van der Waals surface area contributed by atoms with Crippen molar-refractivity contribution in [2.45, 2.75) is 6.92 Å². The van der Waals surface area contributed by atoms with Crippen molar-refractivity contribution in [2.75, 3.05) is 10.6 Å². The SMILES string of the molecule is Cc1c(NC(N)=S)cccc1C(=O)Nc1nccs1. The van der Waals surface area contributed by atoms with Gasteiger partial charge >= 0.3 is 0 Å². The summed E-state index contributed by atoms with van der Waals surface area (Å²) in [6.07, 6.45) is 1.64. The maximum Gasteiger partial charge on any atom is 0.257 e. The summed E-state index contributed by atoms with van der Waals surface area (Å²) >= 11 is 6.16. The number of thiocarbonyl (C=S) groups is 1. The second kappa shape index (κ2) is 5.77. The zero-order valence-electron chi connectivity index (χ0n) is 10.1. The van der Waals surface area contributed by atoms with Gasteiger partial charge < -0.3 is 11.1 Å². The zero-order valence-corrected chi connectivity index (χ0v) is 11.8. The molecule has 0 fully saturated rings. The van der Waals surface area contributed by atoms with Gasteiger partial charge in [-0.05, 0) is 36.8 Å². The first-order valence-electron chi connectivity index (χ1n) is 5.45. The van der Waals surface area contributed by atoms with Gasteiger partial charge in [0.25, 0.3) is 5.91 Å². The van der Waals surface area contributed by atoms with Crippen LogP contribution in [-0.2, 0) is 0 Å². The number of nitrogens with zero attached hydrogens (tertiary/aromatic N) is 1. The Labute approximate surface area is 119 Å². The van der Waals surface area contributed by atoms with E-state index in [0.717, 1.165) is 11.3 Å². The molecule has 0 aliphatic heterocycles. The predicted molar refractivity (Wildman–Crippen MR) is 81.7 cm³/mol. The molecule has 1 aromatic heterocycles. The van der Waals surface area contributed by atoms with Gasteiger partial charge in [0.2, 0.25) is 0 Å². The zero-order chi connectivity index (χ0) is 13.8. The van der Waals surface area contributed by atoms with E-state index in [0.29, 0.717) is 10.7 Å². The molecule has 19 heavy (non-hydrogen) atoms. The molecule has 0 atom stereocenters. The number of anilines is 2. The summed E-state index contributed by atoms with van der Waals surface area (Å²) in [4.78, 5) is 16.1. The maximum atomic E-state index is 12.1. The number of amides is 1. The van der Waals surface area contributed by atoms with Gasteiger partial charge in [0.15, 0.2) is 10.2 Å². The van der Waals surface area contributed by atoms with Gasteiger partial charge in [-0.25, -0.2) is 4.98 Å². The quantitative estimate of drug-likeness (QED) is 0.757. The van der Waals surface area contributed by atoms with Crippen molar-refractivity contribution >= 4 is 45.4 Å². The minimum absolute atomic E-state index is 0.167. The lowest BCUT2D eigenvalue weighted by Crippen LogP contribution is -2.21. The molecule has 0 aliphatic rings. The molecule has 1 heterocycles. The standard InChI is InChI=1S/C12H12N4OS2/c1-7-8(3-2-4-9(7)15-11(13)18)10(17)16-12-14-5-6-19-12/h2-6H,1H3,(H3,13,15,18)(H,14,16,17). The van der Waals surface area contributed by atoms with Crippen molar-refractivity contribution < 1.29 is 4.79 Å². The molecular weight excluding hydrogens is 280 g/mol. The second-order valence-electron chi connectivity index (χ2n) is 3.76. The molecule has 98 valence electrons. The number of carbonyl (C=O) groups excluding carboxylic acids is 1. The summed E-state index contributed by atoms with van der Waals surface area (Å²) in [6, 6.07) is 5.32. The van der Waals surface area contributed by atoms with E-state index in [1.807, 2.05) is 13.0 Å². The van der Waals surface area contributed by atoms with Crippen LogP contribution in [0.5, 0.6) is 0 Å². The van der Waals surface area contributed by atoms with E-state index < -0.39 is 0 Å². The summed E-state index contributed by atoms with van der Waals surface area (Å²) in [7, 11) is 0. The number of benzene rings is 1. The van der Waals surface area contributed by atoms with Crippen LogP contribution in [0.1, 0.15) is 15.9 Å². The Hall–Kier alpha value is -1.99. The molecule has 0 unspecified atom stereocenters. The Kier molecular flexibility index (Phi) is 4.08. The first kappa shape index (κ1) is 13.4. The summed E-state index contributed by atoms with van der Waals surface area (Å²) in [5, 5.41) is 8.11. The fourth-order valence-electron chi connectivity index (χ4n) is 1.60. The van der Waals surface area contributed by atoms with E-state index in [9.17, 15) is 4.79 Å². The number of hydrogen-bond donors (Lipinski definition) is 3. The fraction of sp³-hybridized carbons (Fsp3) is 0.0833. The molecule has 0 radical (unpaired) electrons. The molecule has 0 saturated carbocycles. The highest BCUT2D eigenvalue weighted by Gasteiger charge is 2.12. The Morgan fingerprint density at radius 3 is 2.84 bits per heavy atom. The monoisotopic (exact) mass is 292 g/mol. The number of carbonyl (C=O) groups is 1. The van der Waals surface area contributed by atoms with Crippen molar-refractivity contribution in [2.24, 2.45) is 5.73 Å². The van der Waals surface area contributed by atoms with Crippen LogP contribution in [0.3, 0.4) is 0 Å². The smallest absolute Gasteiger partial charge is 0.257 e. The van der Waals surface area contributed by atoms with E-state index in [2.05, 4.69) is 15.6 Å².